The van der Waals surface area contributed by atoms with Gasteiger partial charge in [0.2, 0.25) is 5.91 Å². The van der Waals surface area contributed by atoms with Gasteiger partial charge in [0.05, 0.1) is 18.9 Å². The Bertz CT molecular complexity index is 584. The Balaban J connectivity index is 3.17. The summed E-state index contributed by atoms with van der Waals surface area (Å²) in [7, 11) is -3.54. The molecule has 0 spiro atoms. The van der Waals surface area contributed by atoms with Gasteiger partial charge in [-0.3, -0.25) is 18.9 Å². The van der Waals surface area contributed by atoms with E-state index in [-0.39, 0.29) is 6.42 Å². The van der Waals surface area contributed by atoms with E-state index in [4.69, 9.17) is 5.11 Å². The third kappa shape index (κ3) is 4.04. The summed E-state index contributed by atoms with van der Waals surface area (Å²) in [5, 5.41) is 9.93. The summed E-state index contributed by atoms with van der Waals surface area (Å²) in [5.74, 6) is -5.36. The lowest BCUT2D eigenvalue weighted by Crippen LogP contribution is -2.54. The van der Waals surface area contributed by atoms with Gasteiger partial charge in [0.25, 0.3) is 10.1 Å². The summed E-state index contributed by atoms with van der Waals surface area (Å²) in [4.78, 5) is 34.3. The molecule has 3 N–H and O–H groups in total. The molecule has 1 rings (SSSR count). The summed E-state index contributed by atoms with van der Waals surface area (Å²) >= 11 is 0. The average Bonchev–Trinajstić information content (AvgIpc) is 2.44. The van der Waals surface area contributed by atoms with Crippen LogP contribution in [-0.4, -0.2) is 54.3 Å². The highest BCUT2D eigenvalue weighted by Gasteiger charge is 2.49. The fourth-order valence-corrected chi connectivity index (χ4v) is 3.62. The number of methoxy groups -OCH3 is 1. The molecule has 0 aromatic rings. The minimum atomic E-state index is -4.62. The summed E-state index contributed by atoms with van der Waals surface area (Å²) < 4.78 is 36.7. The summed E-state index contributed by atoms with van der Waals surface area (Å²) in [6.45, 7) is 3.22. The summed E-state index contributed by atoms with van der Waals surface area (Å²) in [6.07, 6.45) is 0.0984. The smallest absolute Gasteiger partial charge is 0.309 e. The Hall–Kier alpha value is -1.94. The molecule has 9 nitrogen and oxygen atoms in total. The molecule has 10 heteroatoms. The largest absolute Gasteiger partial charge is 0.481 e. The lowest BCUT2D eigenvalue weighted by molar-refractivity contribution is -0.158. The number of aliphatic carboxylic acids is 1. The Labute approximate surface area is 127 Å². The molecule has 0 saturated heterocycles. The standard InChI is InChI=1S/C12H17NO8S/c1-3-10(14)13-8-4-7(12(17)21-2)6(11(15)16)5-9(8)22(18,19)20/h3,6-9H,1,4-5H2,2H3,(H,13,14)(H,15,16)(H,18,19,20). The lowest BCUT2D eigenvalue weighted by atomic mass is 9.76. The number of ether oxygens (including phenoxy) is 1. The molecule has 0 heterocycles. The van der Waals surface area contributed by atoms with Crippen molar-refractivity contribution >= 4 is 28.0 Å². The van der Waals surface area contributed by atoms with Crippen LogP contribution in [0.1, 0.15) is 12.8 Å². The Morgan fingerprint density at radius 2 is 1.86 bits per heavy atom. The van der Waals surface area contributed by atoms with Gasteiger partial charge in [-0.15, -0.1) is 0 Å². The predicted molar refractivity (Wildman–Crippen MR) is 73.3 cm³/mol. The van der Waals surface area contributed by atoms with Crippen molar-refractivity contribution < 1.29 is 37.2 Å². The van der Waals surface area contributed by atoms with Gasteiger partial charge in [-0.1, -0.05) is 6.58 Å². The van der Waals surface area contributed by atoms with Crippen LogP contribution in [0, 0.1) is 11.8 Å². The minimum Gasteiger partial charge on any atom is -0.481 e. The summed E-state index contributed by atoms with van der Waals surface area (Å²) in [5.41, 5.74) is 0. The highest BCUT2D eigenvalue weighted by Crippen LogP contribution is 2.34. The molecule has 4 atom stereocenters. The van der Waals surface area contributed by atoms with Gasteiger partial charge >= 0.3 is 11.9 Å². The molecule has 1 aliphatic carbocycles. The van der Waals surface area contributed by atoms with Gasteiger partial charge in [-0.25, -0.2) is 0 Å². The van der Waals surface area contributed by atoms with Crippen LogP contribution >= 0.6 is 0 Å². The molecule has 22 heavy (non-hydrogen) atoms. The fourth-order valence-electron chi connectivity index (χ4n) is 2.58. The third-order valence-electron chi connectivity index (χ3n) is 3.65. The molecule has 1 aliphatic rings. The van der Waals surface area contributed by atoms with Crippen molar-refractivity contribution in [2.75, 3.05) is 7.11 Å². The van der Waals surface area contributed by atoms with Crippen molar-refractivity contribution in [3.05, 3.63) is 12.7 Å². The number of carboxylic acid groups (broad SMARTS) is 1. The van der Waals surface area contributed by atoms with Crippen LogP contribution in [0.3, 0.4) is 0 Å². The monoisotopic (exact) mass is 335 g/mol. The molecule has 0 aromatic carbocycles. The van der Waals surface area contributed by atoms with E-state index in [2.05, 4.69) is 16.6 Å². The predicted octanol–water partition coefficient (Wildman–Crippen LogP) is -0.803. The van der Waals surface area contributed by atoms with Crippen molar-refractivity contribution in [2.45, 2.75) is 24.1 Å². The zero-order valence-electron chi connectivity index (χ0n) is 11.8. The van der Waals surface area contributed by atoms with E-state index in [1.165, 1.54) is 0 Å². The first-order valence-electron chi connectivity index (χ1n) is 6.31. The zero-order chi connectivity index (χ0) is 17.1. The second kappa shape index (κ2) is 6.88. The molecule has 4 unspecified atom stereocenters. The second-order valence-electron chi connectivity index (χ2n) is 4.92. The quantitative estimate of drug-likeness (QED) is 0.336. The highest BCUT2D eigenvalue weighted by molar-refractivity contribution is 7.86. The van der Waals surface area contributed by atoms with Gasteiger partial charge in [0, 0.05) is 6.04 Å². The summed E-state index contributed by atoms with van der Waals surface area (Å²) in [6, 6.07) is -1.12. The van der Waals surface area contributed by atoms with Gasteiger partial charge in [0.1, 0.15) is 5.25 Å². The Morgan fingerprint density at radius 1 is 1.27 bits per heavy atom. The topological polar surface area (TPSA) is 147 Å². The first kappa shape index (κ1) is 18.1. The van der Waals surface area contributed by atoms with Crippen LogP contribution in [0.2, 0.25) is 0 Å². The van der Waals surface area contributed by atoms with Gasteiger partial charge in [0.15, 0.2) is 0 Å². The number of esters is 1. The van der Waals surface area contributed by atoms with Crippen LogP contribution in [-0.2, 0) is 29.2 Å². The molecule has 0 bridgehead atoms. The van der Waals surface area contributed by atoms with Crippen LogP contribution in [0.5, 0.6) is 0 Å². The number of carbonyl (C=O) groups is 3. The van der Waals surface area contributed by atoms with Gasteiger partial charge in [-0.05, 0) is 18.9 Å². The van der Waals surface area contributed by atoms with E-state index in [1.807, 2.05) is 0 Å². The van der Waals surface area contributed by atoms with Crippen molar-refractivity contribution in [1.82, 2.24) is 5.32 Å². The van der Waals surface area contributed by atoms with Crippen LogP contribution < -0.4 is 5.32 Å². The first-order chi connectivity index (χ1) is 10.1. The average molecular weight is 335 g/mol. The van der Waals surface area contributed by atoms with Gasteiger partial charge < -0.3 is 15.2 Å². The van der Waals surface area contributed by atoms with Crippen LogP contribution in [0.25, 0.3) is 0 Å². The number of carboxylic acids is 1. The molecular formula is C12H17NO8S. The van der Waals surface area contributed by atoms with Crippen molar-refractivity contribution in [2.24, 2.45) is 11.8 Å². The second-order valence-corrected chi connectivity index (χ2v) is 6.55. The number of amides is 1. The van der Waals surface area contributed by atoms with Crippen molar-refractivity contribution in [1.29, 1.82) is 0 Å². The SMILES string of the molecule is C=CC(=O)NC1CC(C(=O)OC)C(C(=O)O)CC1S(=O)(=O)O. The van der Waals surface area contributed by atoms with E-state index < -0.39 is 57.5 Å². The maximum atomic E-state index is 11.7. The van der Waals surface area contributed by atoms with Crippen LogP contribution in [0.15, 0.2) is 12.7 Å². The molecule has 1 saturated carbocycles. The lowest BCUT2D eigenvalue weighted by Gasteiger charge is -2.37. The van der Waals surface area contributed by atoms with Crippen LogP contribution in [0.4, 0.5) is 0 Å². The van der Waals surface area contributed by atoms with E-state index in [1.54, 1.807) is 0 Å². The Morgan fingerprint density at radius 3 is 2.27 bits per heavy atom. The molecular weight excluding hydrogens is 318 g/mol. The molecule has 0 aromatic heterocycles. The van der Waals surface area contributed by atoms with E-state index >= 15 is 0 Å². The van der Waals surface area contributed by atoms with Crippen molar-refractivity contribution in [3.8, 4) is 0 Å². The molecule has 1 fully saturated rings. The molecule has 0 aliphatic heterocycles. The normalized spacial score (nSPS) is 28.5. The maximum absolute atomic E-state index is 11.7. The zero-order valence-corrected chi connectivity index (χ0v) is 12.6. The number of hydrogen-bond donors (Lipinski definition) is 3. The third-order valence-corrected chi connectivity index (χ3v) is 4.93. The molecule has 0 radical (unpaired) electrons. The molecule has 124 valence electrons. The number of nitrogens with one attached hydrogen (secondary N) is 1. The Kier molecular flexibility index (Phi) is 5.66. The number of hydrogen-bond acceptors (Lipinski definition) is 6. The minimum absolute atomic E-state index is 0.284. The maximum Gasteiger partial charge on any atom is 0.309 e. The number of carbonyl (C=O) groups excluding carboxylic acids is 2. The van der Waals surface area contributed by atoms with Crippen molar-refractivity contribution in [3.63, 3.8) is 0 Å². The van der Waals surface area contributed by atoms with E-state index in [0.717, 1.165) is 13.2 Å². The van der Waals surface area contributed by atoms with E-state index in [9.17, 15) is 27.4 Å². The van der Waals surface area contributed by atoms with Gasteiger partial charge in [-0.2, -0.15) is 8.42 Å². The number of rotatable bonds is 5. The molecule has 1 amide bonds. The fraction of sp³-hybridized carbons (Fsp3) is 0.583. The van der Waals surface area contributed by atoms with E-state index in [0.29, 0.717) is 0 Å². The highest BCUT2D eigenvalue weighted by atomic mass is 32.2. The first-order valence-corrected chi connectivity index (χ1v) is 7.82.